The Morgan fingerprint density at radius 2 is 1.81 bits per heavy atom. The number of nitrogens with one attached hydrogen (secondary N) is 1. The Labute approximate surface area is 157 Å². The van der Waals surface area contributed by atoms with Gasteiger partial charge in [0.05, 0.1) is 42.4 Å². The topological polar surface area (TPSA) is 84.9 Å². The van der Waals surface area contributed by atoms with E-state index in [9.17, 15) is 13.2 Å². The number of carbonyl (C=O) groups is 1. The zero-order valence-electron chi connectivity index (χ0n) is 14.7. The van der Waals surface area contributed by atoms with Crippen molar-refractivity contribution in [3.63, 3.8) is 0 Å². The summed E-state index contributed by atoms with van der Waals surface area (Å²) in [4.78, 5) is 12.7. The van der Waals surface area contributed by atoms with E-state index >= 15 is 0 Å². The zero-order chi connectivity index (χ0) is 19.5. The largest absolute Gasteiger partial charge is 0.497 e. The molecule has 0 aliphatic carbocycles. The van der Waals surface area contributed by atoms with E-state index in [0.717, 1.165) is 10.6 Å². The number of halogens is 1. The molecule has 0 bridgehead atoms. The summed E-state index contributed by atoms with van der Waals surface area (Å²) >= 11 is 6.12. The summed E-state index contributed by atoms with van der Waals surface area (Å²) in [6, 6.07) is 9.36. The van der Waals surface area contributed by atoms with E-state index in [1.165, 1.54) is 39.5 Å². The summed E-state index contributed by atoms with van der Waals surface area (Å²) < 4.78 is 34.8. The van der Waals surface area contributed by atoms with Crippen LogP contribution >= 0.6 is 11.6 Å². The number of hydrogen-bond donors (Lipinski definition) is 1. The Morgan fingerprint density at radius 1 is 1.12 bits per heavy atom. The van der Waals surface area contributed by atoms with Crippen molar-refractivity contribution in [1.29, 1.82) is 0 Å². The number of amides is 1. The number of benzene rings is 2. The van der Waals surface area contributed by atoms with Crippen molar-refractivity contribution in [1.82, 2.24) is 0 Å². The van der Waals surface area contributed by atoms with Crippen LogP contribution < -0.4 is 19.1 Å². The number of hydrogen-bond acceptors (Lipinski definition) is 5. The maximum absolute atomic E-state index is 12.7. The molecule has 0 saturated carbocycles. The summed E-state index contributed by atoms with van der Waals surface area (Å²) in [6.45, 7) is 0. The molecule has 9 heteroatoms. The predicted octanol–water partition coefficient (Wildman–Crippen LogP) is 3.01. The van der Waals surface area contributed by atoms with E-state index < -0.39 is 15.9 Å². The Morgan fingerprint density at radius 3 is 2.38 bits per heavy atom. The third-order valence-electron chi connectivity index (χ3n) is 3.71. The molecule has 2 aromatic rings. The standard InChI is InChI=1S/C17H19ClN2O5S/c1-20(26(4,22)23)11-5-7-14(18)13(9-11)17(21)19-15-10-12(24-2)6-8-16(15)25-3/h5-10H,1-4H3,(H,19,21). The lowest BCUT2D eigenvalue weighted by atomic mass is 10.1. The van der Waals surface area contributed by atoms with Crippen LogP contribution in [0.1, 0.15) is 10.4 Å². The highest BCUT2D eigenvalue weighted by Crippen LogP contribution is 2.31. The molecule has 0 aliphatic rings. The van der Waals surface area contributed by atoms with Crippen LogP contribution in [0.25, 0.3) is 0 Å². The molecule has 0 saturated heterocycles. The van der Waals surface area contributed by atoms with Crippen LogP contribution in [0.4, 0.5) is 11.4 Å². The number of sulfonamides is 1. The van der Waals surface area contributed by atoms with E-state index in [-0.39, 0.29) is 10.6 Å². The smallest absolute Gasteiger partial charge is 0.257 e. The van der Waals surface area contributed by atoms with Crippen LogP contribution in [0.2, 0.25) is 5.02 Å². The van der Waals surface area contributed by atoms with E-state index in [1.54, 1.807) is 18.2 Å². The van der Waals surface area contributed by atoms with Gasteiger partial charge in [-0.25, -0.2) is 8.42 Å². The molecule has 1 amide bonds. The van der Waals surface area contributed by atoms with Crippen molar-refractivity contribution in [3.05, 3.63) is 47.0 Å². The molecule has 1 N–H and O–H groups in total. The van der Waals surface area contributed by atoms with Gasteiger partial charge in [-0.05, 0) is 30.3 Å². The van der Waals surface area contributed by atoms with Crippen molar-refractivity contribution >= 4 is 38.9 Å². The maximum atomic E-state index is 12.7. The van der Waals surface area contributed by atoms with Gasteiger partial charge in [0, 0.05) is 13.1 Å². The average Bonchev–Trinajstić information content (AvgIpc) is 2.60. The second-order valence-electron chi connectivity index (χ2n) is 5.41. The average molecular weight is 399 g/mol. The zero-order valence-corrected chi connectivity index (χ0v) is 16.3. The molecule has 0 heterocycles. The minimum absolute atomic E-state index is 0.129. The number of carbonyl (C=O) groups excluding carboxylic acids is 1. The fourth-order valence-electron chi connectivity index (χ4n) is 2.18. The quantitative estimate of drug-likeness (QED) is 0.808. The van der Waals surface area contributed by atoms with Crippen molar-refractivity contribution in [2.24, 2.45) is 0 Å². The van der Waals surface area contributed by atoms with Crippen molar-refractivity contribution < 1.29 is 22.7 Å². The third kappa shape index (κ3) is 4.39. The minimum Gasteiger partial charge on any atom is -0.497 e. The van der Waals surface area contributed by atoms with Crippen molar-refractivity contribution in [3.8, 4) is 11.5 Å². The molecule has 26 heavy (non-hydrogen) atoms. The molecule has 2 rings (SSSR count). The van der Waals surface area contributed by atoms with Gasteiger partial charge in [-0.3, -0.25) is 9.10 Å². The summed E-state index contributed by atoms with van der Waals surface area (Å²) in [5.41, 5.74) is 0.846. The molecule has 7 nitrogen and oxygen atoms in total. The van der Waals surface area contributed by atoms with Gasteiger partial charge in [-0.15, -0.1) is 0 Å². The SMILES string of the molecule is COc1ccc(OC)c(NC(=O)c2cc(N(C)S(C)(=O)=O)ccc2Cl)c1. The minimum atomic E-state index is -3.47. The van der Waals surface area contributed by atoms with Crippen molar-refractivity contribution in [2.75, 3.05) is 37.1 Å². The highest BCUT2D eigenvalue weighted by Gasteiger charge is 2.18. The van der Waals surface area contributed by atoms with Crippen LogP contribution in [-0.2, 0) is 10.0 Å². The van der Waals surface area contributed by atoms with Crippen LogP contribution in [0.5, 0.6) is 11.5 Å². The van der Waals surface area contributed by atoms with Crippen LogP contribution in [0.15, 0.2) is 36.4 Å². The van der Waals surface area contributed by atoms with E-state index in [1.807, 2.05) is 0 Å². The lowest BCUT2D eigenvalue weighted by Crippen LogP contribution is -2.25. The first kappa shape index (κ1) is 19.9. The van der Waals surface area contributed by atoms with Crippen molar-refractivity contribution in [2.45, 2.75) is 0 Å². The molecule has 0 atom stereocenters. The number of rotatable bonds is 6. The summed E-state index contributed by atoms with van der Waals surface area (Å²) in [6.07, 6.45) is 1.07. The van der Waals surface area contributed by atoms with Crippen LogP contribution in [0.3, 0.4) is 0 Å². The molecule has 0 radical (unpaired) electrons. The molecule has 0 unspecified atom stereocenters. The molecule has 0 spiro atoms. The monoisotopic (exact) mass is 398 g/mol. The molecule has 2 aromatic carbocycles. The predicted molar refractivity (Wildman–Crippen MR) is 102 cm³/mol. The normalized spacial score (nSPS) is 11.0. The lowest BCUT2D eigenvalue weighted by molar-refractivity contribution is 0.102. The van der Waals surface area contributed by atoms with Gasteiger partial charge in [-0.1, -0.05) is 11.6 Å². The van der Waals surface area contributed by atoms with Gasteiger partial charge < -0.3 is 14.8 Å². The van der Waals surface area contributed by atoms with Gasteiger partial charge >= 0.3 is 0 Å². The van der Waals surface area contributed by atoms with Crippen LogP contribution in [-0.4, -0.2) is 41.8 Å². The highest BCUT2D eigenvalue weighted by molar-refractivity contribution is 7.92. The summed E-state index contributed by atoms with van der Waals surface area (Å²) in [5, 5.41) is 2.89. The maximum Gasteiger partial charge on any atom is 0.257 e. The second kappa shape index (κ2) is 7.84. The van der Waals surface area contributed by atoms with E-state index in [0.29, 0.717) is 22.9 Å². The fraction of sp³-hybridized carbons (Fsp3) is 0.235. The lowest BCUT2D eigenvalue weighted by Gasteiger charge is -2.18. The first-order chi connectivity index (χ1) is 12.2. The Balaban J connectivity index is 2.39. The van der Waals surface area contributed by atoms with Gasteiger partial charge in [-0.2, -0.15) is 0 Å². The molecule has 0 aromatic heterocycles. The van der Waals surface area contributed by atoms with Gasteiger partial charge in [0.25, 0.3) is 5.91 Å². The molecule has 0 fully saturated rings. The molecular weight excluding hydrogens is 380 g/mol. The Kier molecular flexibility index (Phi) is 5.99. The third-order valence-corrected chi connectivity index (χ3v) is 5.25. The molecule has 0 aliphatic heterocycles. The first-order valence-electron chi connectivity index (χ1n) is 7.44. The fourth-order valence-corrected chi connectivity index (χ4v) is 2.88. The Hall–Kier alpha value is -2.45. The number of nitrogens with zero attached hydrogens (tertiary/aromatic N) is 1. The Bertz CT molecular complexity index is 931. The van der Waals surface area contributed by atoms with Gasteiger partial charge in [0.2, 0.25) is 10.0 Å². The van der Waals surface area contributed by atoms with Crippen LogP contribution in [0, 0.1) is 0 Å². The van der Waals surface area contributed by atoms with Gasteiger partial charge in [0.15, 0.2) is 0 Å². The van der Waals surface area contributed by atoms with Gasteiger partial charge in [0.1, 0.15) is 11.5 Å². The number of ether oxygens (including phenoxy) is 2. The number of anilines is 2. The van der Waals surface area contributed by atoms with E-state index in [4.69, 9.17) is 21.1 Å². The first-order valence-corrected chi connectivity index (χ1v) is 9.67. The highest BCUT2D eigenvalue weighted by atomic mass is 35.5. The number of methoxy groups -OCH3 is 2. The molecular formula is C17H19ClN2O5S. The van der Waals surface area contributed by atoms with E-state index in [2.05, 4.69) is 5.32 Å². The second-order valence-corrected chi connectivity index (χ2v) is 7.84. The molecule has 140 valence electrons. The summed E-state index contributed by atoms with van der Waals surface area (Å²) in [5.74, 6) is 0.475. The summed E-state index contributed by atoms with van der Waals surface area (Å²) in [7, 11) is 0.913.